The van der Waals surface area contributed by atoms with E-state index in [0.29, 0.717) is 6.54 Å². The molecule has 0 saturated carbocycles. The third-order valence-electron chi connectivity index (χ3n) is 3.27. The second kappa shape index (κ2) is 7.60. The van der Waals surface area contributed by atoms with Crippen molar-refractivity contribution in [3.8, 4) is 0 Å². The van der Waals surface area contributed by atoms with Crippen LogP contribution in [0.25, 0.3) is 0 Å². The fourth-order valence-electron chi connectivity index (χ4n) is 2.31. The molecule has 108 valence electrons. The van der Waals surface area contributed by atoms with Gasteiger partial charge in [0.1, 0.15) is 0 Å². The quantitative estimate of drug-likeness (QED) is 0.513. The zero-order valence-electron chi connectivity index (χ0n) is 11.9. The normalized spacial score (nSPS) is 14.0. The molecule has 0 aliphatic carbocycles. The van der Waals surface area contributed by atoms with E-state index in [4.69, 9.17) is 17.3 Å². The molecule has 2 rings (SSSR count). The molecule has 0 bridgehead atoms. The van der Waals surface area contributed by atoms with Gasteiger partial charge in [0.25, 0.3) is 0 Å². The van der Waals surface area contributed by atoms with Crippen LogP contribution in [0.3, 0.4) is 0 Å². The highest BCUT2D eigenvalue weighted by Crippen LogP contribution is 2.22. The molecule has 21 heavy (non-hydrogen) atoms. The Hall–Kier alpha value is -2.13. The molecule has 3 nitrogen and oxygen atoms in total. The summed E-state index contributed by atoms with van der Waals surface area (Å²) in [6.07, 6.45) is 0. The molecule has 1 unspecified atom stereocenters. The maximum Gasteiger partial charge on any atom is 0.188 e. The number of aliphatic imine (C=N–C) groups is 2. The molecule has 2 aromatic carbocycles. The summed E-state index contributed by atoms with van der Waals surface area (Å²) < 4.78 is 0. The Morgan fingerprint density at radius 3 is 2.14 bits per heavy atom. The molecule has 0 amide bonds. The van der Waals surface area contributed by atoms with E-state index in [1.54, 1.807) is 7.05 Å². The van der Waals surface area contributed by atoms with Crippen LogP contribution in [0.15, 0.2) is 70.6 Å². The highest BCUT2D eigenvalue weighted by atomic mass is 35.5. The van der Waals surface area contributed by atoms with Crippen molar-refractivity contribution in [2.75, 3.05) is 13.6 Å². The van der Waals surface area contributed by atoms with Gasteiger partial charge < -0.3 is 5.73 Å². The summed E-state index contributed by atoms with van der Waals surface area (Å²) in [4.78, 5) is 8.65. The molecular weight excluding hydrogens is 282 g/mol. The van der Waals surface area contributed by atoms with Gasteiger partial charge in [0.2, 0.25) is 0 Å². The summed E-state index contributed by atoms with van der Waals surface area (Å²) in [6.45, 7) is 0.473. The summed E-state index contributed by atoms with van der Waals surface area (Å²) in [5.74, 6) is 0.0240. The van der Waals surface area contributed by atoms with Gasteiger partial charge >= 0.3 is 0 Å². The van der Waals surface area contributed by atoms with Crippen LogP contribution in [0.1, 0.15) is 17.0 Å². The highest BCUT2D eigenvalue weighted by molar-refractivity contribution is 6.64. The lowest BCUT2D eigenvalue weighted by molar-refractivity contribution is 0.887. The van der Waals surface area contributed by atoms with Crippen molar-refractivity contribution in [2.45, 2.75) is 5.92 Å². The Morgan fingerprint density at radius 2 is 1.62 bits per heavy atom. The van der Waals surface area contributed by atoms with E-state index in [1.807, 2.05) is 48.5 Å². The van der Waals surface area contributed by atoms with E-state index in [1.165, 1.54) is 0 Å². The lowest BCUT2D eigenvalue weighted by Crippen LogP contribution is -2.18. The van der Waals surface area contributed by atoms with E-state index >= 15 is 0 Å². The average molecular weight is 300 g/mol. The average Bonchev–Trinajstić information content (AvgIpc) is 2.53. The Balaban J connectivity index is 2.41. The van der Waals surface area contributed by atoms with Crippen molar-refractivity contribution in [1.29, 1.82) is 0 Å². The van der Waals surface area contributed by atoms with Crippen LogP contribution in [0.2, 0.25) is 0 Å². The van der Waals surface area contributed by atoms with Crippen LogP contribution in [-0.2, 0) is 0 Å². The van der Waals surface area contributed by atoms with Gasteiger partial charge in [-0.15, -0.1) is 0 Å². The van der Waals surface area contributed by atoms with Gasteiger partial charge in [-0.05, 0) is 22.7 Å². The van der Waals surface area contributed by atoms with E-state index in [-0.39, 0.29) is 11.2 Å². The van der Waals surface area contributed by atoms with Crippen LogP contribution in [0.5, 0.6) is 0 Å². The molecule has 2 aromatic rings. The smallest absolute Gasteiger partial charge is 0.188 e. The molecule has 1 atom stereocenters. The standard InChI is InChI=1S/C17H18ClN3/c1-20-16(14-10-6-3-7-11-14)15(12-21-17(18)19)13-8-4-2-5-9-13/h2-11,15H,12H2,1H3,(H2,19,21). The van der Waals surface area contributed by atoms with Crippen molar-refractivity contribution in [1.82, 2.24) is 0 Å². The van der Waals surface area contributed by atoms with Gasteiger partial charge in [-0.25, -0.2) is 0 Å². The van der Waals surface area contributed by atoms with E-state index < -0.39 is 0 Å². The van der Waals surface area contributed by atoms with Crippen LogP contribution >= 0.6 is 11.6 Å². The molecule has 0 aliphatic rings. The first kappa shape index (κ1) is 15.3. The topological polar surface area (TPSA) is 50.7 Å². The molecule has 4 heteroatoms. The molecule has 0 saturated heterocycles. The van der Waals surface area contributed by atoms with Crippen molar-refractivity contribution < 1.29 is 0 Å². The van der Waals surface area contributed by atoms with Gasteiger partial charge in [0.05, 0.1) is 12.3 Å². The van der Waals surface area contributed by atoms with Crippen LogP contribution < -0.4 is 5.73 Å². The van der Waals surface area contributed by atoms with Gasteiger partial charge in [-0.2, -0.15) is 0 Å². The predicted octanol–water partition coefficient (Wildman–Crippen LogP) is 3.44. The summed E-state index contributed by atoms with van der Waals surface area (Å²) in [6, 6.07) is 20.2. The molecule has 0 aliphatic heterocycles. The lowest BCUT2D eigenvalue weighted by Gasteiger charge is -2.18. The zero-order valence-corrected chi connectivity index (χ0v) is 12.7. The van der Waals surface area contributed by atoms with Gasteiger partial charge in [-0.1, -0.05) is 60.7 Å². The van der Waals surface area contributed by atoms with Crippen LogP contribution in [0.4, 0.5) is 0 Å². The van der Waals surface area contributed by atoms with Gasteiger partial charge in [0, 0.05) is 13.0 Å². The Bertz CT molecular complexity index is 617. The van der Waals surface area contributed by atoms with E-state index in [9.17, 15) is 0 Å². The number of amidine groups is 1. The number of nitrogens with zero attached hydrogens (tertiary/aromatic N) is 2. The first-order valence-corrected chi connectivity index (χ1v) is 7.12. The maximum atomic E-state index is 5.69. The van der Waals surface area contributed by atoms with Gasteiger partial charge in [0.15, 0.2) is 5.29 Å². The number of rotatable bonds is 5. The molecule has 0 spiro atoms. The Morgan fingerprint density at radius 1 is 1.05 bits per heavy atom. The molecule has 0 aromatic heterocycles. The molecule has 0 fully saturated rings. The summed E-state index contributed by atoms with van der Waals surface area (Å²) in [5.41, 5.74) is 8.67. The summed E-state index contributed by atoms with van der Waals surface area (Å²) in [5, 5.41) is 0.0689. The SMILES string of the molecule is CN=C(c1ccccc1)C(CN=C(N)Cl)c1ccccc1. The third-order valence-corrected chi connectivity index (χ3v) is 3.39. The monoisotopic (exact) mass is 299 g/mol. The summed E-state index contributed by atoms with van der Waals surface area (Å²) in [7, 11) is 1.80. The molecule has 2 N–H and O–H groups in total. The zero-order chi connectivity index (χ0) is 15.1. The Labute approximate surface area is 130 Å². The largest absolute Gasteiger partial charge is 0.374 e. The minimum absolute atomic E-state index is 0.0240. The molecule has 0 radical (unpaired) electrons. The number of hydrogen-bond acceptors (Lipinski definition) is 2. The van der Waals surface area contributed by atoms with Crippen molar-refractivity contribution >= 4 is 22.6 Å². The summed E-state index contributed by atoms with van der Waals surface area (Å²) >= 11 is 5.69. The predicted molar refractivity (Wildman–Crippen MR) is 90.4 cm³/mol. The third kappa shape index (κ3) is 4.17. The second-order valence-electron chi connectivity index (χ2n) is 4.60. The number of hydrogen-bond donors (Lipinski definition) is 1. The number of benzene rings is 2. The van der Waals surface area contributed by atoms with E-state index in [2.05, 4.69) is 22.1 Å². The highest BCUT2D eigenvalue weighted by Gasteiger charge is 2.19. The Kier molecular flexibility index (Phi) is 5.52. The number of nitrogens with two attached hydrogens (primary N) is 1. The minimum atomic E-state index is 0.0240. The fourth-order valence-corrected chi connectivity index (χ4v) is 2.38. The van der Waals surface area contributed by atoms with Crippen LogP contribution in [-0.4, -0.2) is 24.6 Å². The first-order chi connectivity index (χ1) is 10.2. The molecule has 0 heterocycles. The lowest BCUT2D eigenvalue weighted by atomic mass is 9.90. The van der Waals surface area contributed by atoms with E-state index in [0.717, 1.165) is 16.8 Å². The second-order valence-corrected chi connectivity index (χ2v) is 4.99. The van der Waals surface area contributed by atoms with Crippen molar-refractivity contribution in [3.05, 3.63) is 71.8 Å². The van der Waals surface area contributed by atoms with Crippen LogP contribution in [0, 0.1) is 0 Å². The van der Waals surface area contributed by atoms with Crippen molar-refractivity contribution in [3.63, 3.8) is 0 Å². The molecular formula is C17H18ClN3. The minimum Gasteiger partial charge on any atom is -0.374 e. The van der Waals surface area contributed by atoms with Crippen molar-refractivity contribution in [2.24, 2.45) is 15.7 Å². The first-order valence-electron chi connectivity index (χ1n) is 6.75. The number of halogens is 1. The van der Waals surface area contributed by atoms with Gasteiger partial charge in [-0.3, -0.25) is 9.98 Å². The maximum absolute atomic E-state index is 5.69. The fraction of sp³-hybridized carbons (Fsp3) is 0.176.